The van der Waals surface area contributed by atoms with E-state index in [-0.39, 0.29) is 0 Å². The number of hydrogen-bond donors (Lipinski definition) is 2. The predicted octanol–water partition coefficient (Wildman–Crippen LogP) is 14.9. The lowest BCUT2D eigenvalue weighted by atomic mass is 10.0. The number of anilines is 2. The van der Waals surface area contributed by atoms with Crippen LogP contribution in [0, 0.1) is 0 Å². The molecule has 6 aromatic rings. The van der Waals surface area contributed by atoms with E-state index in [0.717, 1.165) is 109 Å². The molecule has 12 heteroatoms. The van der Waals surface area contributed by atoms with Gasteiger partial charge in [-0.2, -0.15) is 26.3 Å². The van der Waals surface area contributed by atoms with E-state index in [4.69, 9.17) is 30.4 Å². The SMILES string of the molecule is Nc1ccc(-c2ccc(N)c(OCCCCCCOc3ccc(C=Cc4ccc(C(F)(F)F)cc4)cc3)c2)cc1OCCCCCCOc1ccc(C=Cc2ccc(C(F)(F)F)cc2)cc1. The smallest absolute Gasteiger partial charge is 0.416 e. The lowest BCUT2D eigenvalue weighted by Crippen LogP contribution is -2.03. The van der Waals surface area contributed by atoms with E-state index in [0.29, 0.717) is 60.4 Å². The zero-order valence-corrected chi connectivity index (χ0v) is 36.6. The van der Waals surface area contributed by atoms with Gasteiger partial charge in [-0.25, -0.2) is 0 Å². The first-order chi connectivity index (χ1) is 31.8. The average Bonchev–Trinajstić information content (AvgIpc) is 3.31. The van der Waals surface area contributed by atoms with Crippen LogP contribution in [-0.2, 0) is 12.4 Å². The molecule has 0 atom stereocenters. The molecule has 0 aliphatic rings. The van der Waals surface area contributed by atoms with Crippen molar-refractivity contribution in [1.82, 2.24) is 0 Å². The fourth-order valence-corrected chi connectivity index (χ4v) is 6.84. The first-order valence-corrected chi connectivity index (χ1v) is 22.0. The molecule has 0 bridgehead atoms. The molecule has 0 spiro atoms. The summed E-state index contributed by atoms with van der Waals surface area (Å²) in [6, 6.07) is 36.7. The van der Waals surface area contributed by atoms with Gasteiger partial charge >= 0.3 is 12.4 Å². The van der Waals surface area contributed by atoms with Crippen LogP contribution in [0.3, 0.4) is 0 Å². The quantitative estimate of drug-likeness (QED) is 0.0288. The fraction of sp³-hybridized carbons (Fsp3) is 0.259. The number of alkyl halides is 6. The highest BCUT2D eigenvalue weighted by atomic mass is 19.4. The molecule has 6 aromatic carbocycles. The second kappa shape index (κ2) is 23.9. The van der Waals surface area contributed by atoms with Crippen LogP contribution in [0.1, 0.15) is 84.7 Å². The Hall–Kier alpha value is -6.82. The van der Waals surface area contributed by atoms with E-state index in [2.05, 4.69) is 0 Å². The van der Waals surface area contributed by atoms with Gasteiger partial charge in [-0.05, 0) is 158 Å². The third-order valence-electron chi connectivity index (χ3n) is 10.7. The third-order valence-corrected chi connectivity index (χ3v) is 10.7. The van der Waals surface area contributed by atoms with Gasteiger partial charge in [0, 0.05) is 0 Å². The van der Waals surface area contributed by atoms with Gasteiger partial charge in [-0.1, -0.05) is 85.0 Å². The van der Waals surface area contributed by atoms with Crippen molar-refractivity contribution in [3.8, 4) is 34.1 Å². The minimum Gasteiger partial charge on any atom is -0.494 e. The Kier molecular flexibility index (Phi) is 17.6. The molecule has 4 N–H and O–H groups in total. The van der Waals surface area contributed by atoms with Crippen molar-refractivity contribution in [2.75, 3.05) is 37.9 Å². The van der Waals surface area contributed by atoms with Gasteiger partial charge in [0.15, 0.2) is 0 Å². The molecule has 0 amide bonds. The van der Waals surface area contributed by atoms with Crippen LogP contribution < -0.4 is 30.4 Å². The molecule has 0 fully saturated rings. The summed E-state index contributed by atoms with van der Waals surface area (Å²) in [7, 11) is 0. The highest BCUT2D eigenvalue weighted by Gasteiger charge is 2.30. The average molecular weight is 909 g/mol. The molecule has 0 radical (unpaired) electrons. The first-order valence-electron chi connectivity index (χ1n) is 22.0. The summed E-state index contributed by atoms with van der Waals surface area (Å²) in [6.07, 6.45) is 5.96. The molecule has 0 heterocycles. The van der Waals surface area contributed by atoms with E-state index in [1.807, 2.05) is 97.1 Å². The Labute approximate surface area is 382 Å². The van der Waals surface area contributed by atoms with Gasteiger partial charge in [0.05, 0.1) is 48.9 Å². The molecule has 6 rings (SSSR count). The number of unbranched alkanes of at least 4 members (excludes halogenated alkanes) is 6. The summed E-state index contributed by atoms with van der Waals surface area (Å²) >= 11 is 0. The van der Waals surface area contributed by atoms with Crippen molar-refractivity contribution >= 4 is 35.7 Å². The Morgan fingerprint density at radius 2 is 0.636 bits per heavy atom. The lowest BCUT2D eigenvalue weighted by molar-refractivity contribution is -0.138. The predicted molar refractivity (Wildman–Crippen MR) is 253 cm³/mol. The van der Waals surface area contributed by atoms with Crippen molar-refractivity contribution in [2.24, 2.45) is 0 Å². The second-order valence-corrected chi connectivity index (χ2v) is 15.8. The highest BCUT2D eigenvalue weighted by Crippen LogP contribution is 2.34. The van der Waals surface area contributed by atoms with Gasteiger partial charge in [0.2, 0.25) is 0 Å². The number of nitrogen functional groups attached to an aromatic ring is 2. The summed E-state index contributed by atoms with van der Waals surface area (Å²) in [5.41, 5.74) is 17.4. The van der Waals surface area contributed by atoms with E-state index >= 15 is 0 Å². The van der Waals surface area contributed by atoms with Gasteiger partial charge in [0.25, 0.3) is 0 Å². The largest absolute Gasteiger partial charge is 0.494 e. The number of nitrogens with two attached hydrogens (primary N) is 2. The number of ether oxygens (including phenoxy) is 4. The molecule has 0 aliphatic heterocycles. The van der Waals surface area contributed by atoms with Crippen molar-refractivity contribution in [3.05, 3.63) is 167 Å². The number of rotatable bonds is 23. The normalized spacial score (nSPS) is 11.9. The van der Waals surface area contributed by atoms with E-state index in [1.54, 1.807) is 12.2 Å². The molecule has 66 heavy (non-hydrogen) atoms. The fourth-order valence-electron chi connectivity index (χ4n) is 6.84. The van der Waals surface area contributed by atoms with E-state index in [1.165, 1.54) is 24.3 Å². The summed E-state index contributed by atoms with van der Waals surface area (Å²) in [6.45, 7) is 2.23. The monoisotopic (exact) mass is 908 g/mol. The Morgan fingerprint density at radius 1 is 0.348 bits per heavy atom. The molecule has 6 nitrogen and oxygen atoms in total. The molecular formula is C54H54F6N2O4. The first kappa shape index (κ1) is 48.6. The van der Waals surface area contributed by atoms with Crippen LogP contribution in [0.2, 0.25) is 0 Å². The Bertz CT molecular complexity index is 2290. The number of hydrogen-bond acceptors (Lipinski definition) is 6. The van der Waals surface area contributed by atoms with Crippen LogP contribution in [0.4, 0.5) is 37.7 Å². The maximum Gasteiger partial charge on any atom is 0.416 e. The van der Waals surface area contributed by atoms with Crippen molar-refractivity contribution < 1.29 is 45.3 Å². The van der Waals surface area contributed by atoms with Gasteiger partial charge in [0.1, 0.15) is 23.0 Å². The van der Waals surface area contributed by atoms with Crippen molar-refractivity contribution in [2.45, 2.75) is 63.7 Å². The topological polar surface area (TPSA) is 89.0 Å². The zero-order valence-electron chi connectivity index (χ0n) is 36.6. The standard InChI is InChI=1S/C54H54F6N2O4/c55-53(56,57)45-23-13-39(14-24-45)9-11-41-17-27-47(28-18-41)63-33-5-1-3-7-35-65-51-37-43(21-31-49(51)61)44-22-32-50(62)52(38-44)66-36-8-4-2-6-34-64-48-29-19-42(20-30-48)12-10-40-15-25-46(26-16-40)54(58,59)60/h9-32,37-38H,1-8,33-36,61-62H2. The Balaban J connectivity index is 0.825. The molecule has 0 aliphatic carbocycles. The van der Waals surface area contributed by atoms with Crippen molar-refractivity contribution in [3.63, 3.8) is 0 Å². The van der Waals surface area contributed by atoms with Gasteiger partial charge in [-0.3, -0.25) is 0 Å². The summed E-state index contributed by atoms with van der Waals surface area (Å²) in [5.74, 6) is 2.77. The highest BCUT2D eigenvalue weighted by molar-refractivity contribution is 5.74. The third kappa shape index (κ3) is 15.7. The molecule has 0 aromatic heterocycles. The molecule has 346 valence electrons. The van der Waals surface area contributed by atoms with E-state index in [9.17, 15) is 26.3 Å². The minimum absolute atomic E-state index is 0.530. The Morgan fingerprint density at radius 3 is 0.939 bits per heavy atom. The summed E-state index contributed by atoms with van der Waals surface area (Å²) in [5, 5.41) is 0. The summed E-state index contributed by atoms with van der Waals surface area (Å²) < 4.78 is 101. The van der Waals surface area contributed by atoms with E-state index < -0.39 is 23.5 Å². The minimum atomic E-state index is -4.35. The van der Waals surface area contributed by atoms with Crippen molar-refractivity contribution in [1.29, 1.82) is 0 Å². The maximum absolute atomic E-state index is 12.8. The van der Waals surface area contributed by atoms with Crippen LogP contribution in [0.15, 0.2) is 133 Å². The summed E-state index contributed by atoms with van der Waals surface area (Å²) in [4.78, 5) is 0. The lowest BCUT2D eigenvalue weighted by Gasteiger charge is -2.13. The number of halogens is 6. The van der Waals surface area contributed by atoms with Crippen LogP contribution >= 0.6 is 0 Å². The number of benzene rings is 6. The molecular weight excluding hydrogens is 855 g/mol. The van der Waals surface area contributed by atoms with Gasteiger partial charge < -0.3 is 30.4 Å². The van der Waals surface area contributed by atoms with Crippen LogP contribution in [-0.4, -0.2) is 26.4 Å². The van der Waals surface area contributed by atoms with Gasteiger partial charge in [-0.15, -0.1) is 0 Å². The zero-order chi connectivity index (χ0) is 46.8. The second-order valence-electron chi connectivity index (χ2n) is 15.8. The van der Waals surface area contributed by atoms with Crippen LogP contribution in [0.25, 0.3) is 35.4 Å². The maximum atomic E-state index is 12.8. The van der Waals surface area contributed by atoms with Crippen LogP contribution in [0.5, 0.6) is 23.0 Å². The molecule has 0 saturated heterocycles. The molecule has 0 unspecified atom stereocenters. The molecule has 0 saturated carbocycles.